The van der Waals surface area contributed by atoms with E-state index in [-0.39, 0.29) is 64.0 Å². The van der Waals surface area contributed by atoms with Crippen LogP contribution in [-0.2, 0) is 21.7 Å². The van der Waals surface area contributed by atoms with E-state index in [2.05, 4.69) is 103 Å². The van der Waals surface area contributed by atoms with Gasteiger partial charge in [0, 0.05) is 0 Å². The predicted octanol–water partition coefficient (Wildman–Crippen LogP) is -3.63. The maximum atomic E-state index is 3.93. The molecule has 0 saturated carbocycles. The third-order valence-electron chi connectivity index (χ3n) is 6.64. The molecule has 0 aromatic heterocycles. The maximum Gasteiger partial charge on any atom is 4.00 e. The van der Waals surface area contributed by atoms with E-state index in [9.17, 15) is 0 Å². The van der Waals surface area contributed by atoms with Crippen LogP contribution in [0.3, 0.4) is 0 Å². The number of halogens is 3. The number of benzene rings is 2. The van der Waals surface area contributed by atoms with Gasteiger partial charge in [0.15, 0.2) is 0 Å². The Bertz CT molecular complexity index is 872. The number of rotatable bonds is 3. The molecule has 2 aromatic rings. The van der Waals surface area contributed by atoms with E-state index in [0.717, 1.165) is 0 Å². The van der Waals surface area contributed by atoms with Crippen molar-refractivity contribution in [1.82, 2.24) is 0 Å². The summed E-state index contributed by atoms with van der Waals surface area (Å²) in [6, 6.07) is 17.9. The third-order valence-corrected chi connectivity index (χ3v) is 12.4. The average Bonchev–Trinajstić information content (AvgIpc) is 2.79. The summed E-state index contributed by atoms with van der Waals surface area (Å²) in [5, 5.41) is 3.03. The van der Waals surface area contributed by atoms with E-state index in [0.29, 0.717) is 0 Å². The van der Waals surface area contributed by atoms with Crippen molar-refractivity contribution in [2.24, 2.45) is 0 Å². The maximum absolute atomic E-state index is 3.93. The molecule has 2 atom stereocenters. The van der Waals surface area contributed by atoms with E-state index >= 15 is 0 Å². The first-order valence-corrected chi connectivity index (χ1v) is 11.7. The normalized spacial score (nSPS) is 19.6. The van der Waals surface area contributed by atoms with E-state index in [1.807, 2.05) is 0 Å². The van der Waals surface area contributed by atoms with Crippen LogP contribution in [0.25, 0.3) is 0 Å². The zero-order valence-electron chi connectivity index (χ0n) is 18.3. The van der Waals surface area contributed by atoms with Gasteiger partial charge < -0.3 is 37.2 Å². The molecule has 0 spiro atoms. The van der Waals surface area contributed by atoms with E-state index in [1.54, 1.807) is 5.19 Å². The smallest absolute Gasteiger partial charge is 1.00 e. The Morgan fingerprint density at radius 1 is 0.759 bits per heavy atom. The van der Waals surface area contributed by atoms with Crippen LogP contribution in [-0.4, -0.2) is 8.07 Å². The quantitative estimate of drug-likeness (QED) is 0.302. The van der Waals surface area contributed by atoms with Crippen molar-refractivity contribution < 1.29 is 58.9 Å². The standard InChI is InChI=1S/C24H29Si.3ClH.Ti/c1-17-12-11-13-18(2)23(17)25(7,22-14-9-8-10-15-22)24(6)16-19(3)20(4)21(24)5;;;;/h8-15H,1-7H3;3*1H;/q-1;;;;+4/p-3. The number of hydrogen-bond donors (Lipinski definition) is 0. The van der Waals surface area contributed by atoms with Crippen LogP contribution in [0.1, 0.15) is 38.8 Å². The summed E-state index contributed by atoms with van der Waals surface area (Å²) in [5.41, 5.74) is 7.06. The van der Waals surface area contributed by atoms with Gasteiger partial charge in [-0.2, -0.15) is 11.1 Å². The molecule has 0 amide bonds. The Morgan fingerprint density at radius 2 is 1.24 bits per heavy atom. The molecule has 2 unspecified atom stereocenters. The van der Waals surface area contributed by atoms with Crippen molar-refractivity contribution in [3.05, 3.63) is 82.5 Å². The van der Waals surface area contributed by atoms with Crippen molar-refractivity contribution in [3.8, 4) is 0 Å². The van der Waals surface area contributed by atoms with Gasteiger partial charge in [0.1, 0.15) is 8.07 Å². The Morgan fingerprint density at radius 3 is 1.66 bits per heavy atom. The van der Waals surface area contributed by atoms with Gasteiger partial charge in [-0.05, 0) is 19.0 Å². The van der Waals surface area contributed by atoms with Gasteiger partial charge in [0.25, 0.3) is 0 Å². The molecule has 0 radical (unpaired) electrons. The number of aryl methyl sites for hydroxylation is 2. The predicted molar refractivity (Wildman–Crippen MR) is 112 cm³/mol. The van der Waals surface area contributed by atoms with E-state index in [1.165, 1.54) is 33.0 Å². The summed E-state index contributed by atoms with van der Waals surface area (Å²) < 4.78 is 0. The van der Waals surface area contributed by atoms with Crippen LogP contribution < -0.4 is 47.6 Å². The third kappa shape index (κ3) is 4.81. The van der Waals surface area contributed by atoms with Gasteiger partial charge in [-0.25, -0.2) is 5.57 Å². The van der Waals surface area contributed by atoms with Crippen LogP contribution in [0.15, 0.2) is 65.3 Å². The summed E-state index contributed by atoms with van der Waals surface area (Å²) in [4.78, 5) is 0. The van der Waals surface area contributed by atoms with Gasteiger partial charge >= 0.3 is 21.7 Å². The second-order valence-electron chi connectivity index (χ2n) is 7.88. The summed E-state index contributed by atoms with van der Waals surface area (Å²) in [6.45, 7) is 16.3. The molecule has 0 aliphatic heterocycles. The molecule has 0 nitrogen and oxygen atoms in total. The minimum absolute atomic E-state index is 0. The molecule has 0 N–H and O–H groups in total. The minimum atomic E-state index is -2.12. The molecule has 1 aliphatic carbocycles. The Labute approximate surface area is 211 Å². The number of allylic oxidation sites excluding steroid dienone is 4. The van der Waals surface area contributed by atoms with Crippen molar-refractivity contribution in [3.63, 3.8) is 0 Å². The van der Waals surface area contributed by atoms with Crippen molar-refractivity contribution in [1.29, 1.82) is 0 Å². The summed E-state index contributed by atoms with van der Waals surface area (Å²) in [5.74, 6) is 0. The van der Waals surface area contributed by atoms with Gasteiger partial charge in [-0.3, -0.25) is 6.08 Å². The molecule has 1 aliphatic rings. The summed E-state index contributed by atoms with van der Waals surface area (Å²) in [6.07, 6.45) is 3.93. The van der Waals surface area contributed by atoms with Gasteiger partial charge in [0.05, 0.1) is 0 Å². The molecule has 29 heavy (non-hydrogen) atoms. The molecule has 2 aromatic carbocycles. The first-order chi connectivity index (χ1) is 11.7. The first-order valence-electron chi connectivity index (χ1n) is 9.15. The van der Waals surface area contributed by atoms with Gasteiger partial charge in [0.2, 0.25) is 0 Å². The van der Waals surface area contributed by atoms with Crippen molar-refractivity contribution in [2.45, 2.75) is 53.1 Å². The minimum Gasteiger partial charge on any atom is -1.00 e. The topological polar surface area (TPSA) is 0 Å². The van der Waals surface area contributed by atoms with Crippen LogP contribution >= 0.6 is 0 Å². The zero-order valence-corrected chi connectivity index (χ0v) is 23.1. The fraction of sp³-hybridized carbons (Fsp3) is 0.333. The van der Waals surface area contributed by atoms with Gasteiger partial charge in [-0.1, -0.05) is 97.2 Å². The largest absolute Gasteiger partial charge is 4.00 e. The van der Waals surface area contributed by atoms with Crippen molar-refractivity contribution >= 4 is 18.4 Å². The number of hydrogen-bond acceptors (Lipinski definition) is 0. The van der Waals surface area contributed by atoms with Crippen molar-refractivity contribution in [2.75, 3.05) is 0 Å². The molecule has 0 saturated heterocycles. The van der Waals surface area contributed by atoms with Gasteiger partial charge in [-0.15, -0.1) is 6.92 Å². The molecule has 0 heterocycles. The summed E-state index contributed by atoms with van der Waals surface area (Å²) in [7, 11) is -2.12. The molecule has 3 rings (SSSR count). The first kappa shape index (κ1) is 30.9. The molecular formula is C24H29Cl3SiTi. The van der Waals surface area contributed by atoms with Crippen LogP contribution in [0.4, 0.5) is 0 Å². The Hall–Kier alpha value is -0.279. The average molecular weight is 500 g/mol. The second-order valence-corrected chi connectivity index (χ2v) is 12.2. The Kier molecular flexibility index (Phi) is 12.1. The van der Waals surface area contributed by atoms with Crippen LogP contribution in [0, 0.1) is 19.9 Å². The SMILES string of the molecule is CC1=[C-]C(C)([Si](C)(c2ccccc2)c2c(C)cccc2C)C(C)=C1C.[Cl-].[Cl-].[Cl-].[Ti+4]. The van der Waals surface area contributed by atoms with Crippen LogP contribution in [0.5, 0.6) is 0 Å². The molecule has 0 bridgehead atoms. The van der Waals surface area contributed by atoms with E-state index < -0.39 is 8.07 Å². The monoisotopic (exact) mass is 498 g/mol. The molecule has 0 fully saturated rings. The fourth-order valence-corrected chi connectivity index (χ4v) is 10.1. The zero-order chi connectivity index (χ0) is 18.4. The molecule has 5 heteroatoms. The summed E-state index contributed by atoms with van der Waals surface area (Å²) >= 11 is 0. The second kappa shape index (κ2) is 11.4. The van der Waals surface area contributed by atoms with E-state index in [4.69, 9.17) is 0 Å². The molecular weight excluding hydrogens is 471 g/mol. The van der Waals surface area contributed by atoms with Crippen LogP contribution in [0.2, 0.25) is 11.6 Å². The molecule has 154 valence electrons. The Balaban J connectivity index is 0. The fourth-order valence-electron chi connectivity index (χ4n) is 4.78.